The minimum absolute atomic E-state index is 0.858. The third-order valence-electron chi connectivity index (χ3n) is 4.71. The lowest BCUT2D eigenvalue weighted by molar-refractivity contribution is 0.415. The van der Waals surface area contributed by atoms with E-state index in [0.717, 1.165) is 41.1 Å². The summed E-state index contributed by atoms with van der Waals surface area (Å²) in [4.78, 5) is 7.14. The molecule has 0 fully saturated rings. The van der Waals surface area contributed by atoms with Gasteiger partial charge in [-0.3, -0.25) is 4.98 Å². The van der Waals surface area contributed by atoms with Crippen LogP contribution in [-0.4, -0.2) is 25.7 Å². The molecule has 0 spiro atoms. The minimum atomic E-state index is 0.858. The summed E-state index contributed by atoms with van der Waals surface area (Å²) < 4.78 is 10.7. The number of methoxy groups -OCH3 is 2. The fourth-order valence-electron chi connectivity index (χ4n) is 3.47. The quantitative estimate of drug-likeness (QED) is 0.722. The van der Waals surface area contributed by atoms with Crippen molar-refractivity contribution >= 4 is 22.3 Å². The van der Waals surface area contributed by atoms with E-state index in [-0.39, 0.29) is 0 Å². The SMILES string of the molecule is COc1ccc(N2CCc3c(C)nc4ccc(OC)cc4c32)cc1. The van der Waals surface area contributed by atoms with E-state index < -0.39 is 0 Å². The number of hydrogen-bond acceptors (Lipinski definition) is 4. The van der Waals surface area contributed by atoms with Crippen molar-refractivity contribution in [2.45, 2.75) is 13.3 Å². The lowest BCUT2D eigenvalue weighted by Gasteiger charge is -2.22. The Labute approximate surface area is 141 Å². The third-order valence-corrected chi connectivity index (χ3v) is 4.71. The maximum Gasteiger partial charge on any atom is 0.119 e. The Hall–Kier alpha value is -2.75. The van der Waals surface area contributed by atoms with Crippen molar-refractivity contribution < 1.29 is 9.47 Å². The van der Waals surface area contributed by atoms with E-state index in [9.17, 15) is 0 Å². The lowest BCUT2D eigenvalue weighted by Crippen LogP contribution is -2.13. The summed E-state index contributed by atoms with van der Waals surface area (Å²) >= 11 is 0. The highest BCUT2D eigenvalue weighted by atomic mass is 16.5. The molecule has 122 valence electrons. The number of nitrogens with zero attached hydrogens (tertiary/aromatic N) is 2. The van der Waals surface area contributed by atoms with Crippen LogP contribution in [0.2, 0.25) is 0 Å². The van der Waals surface area contributed by atoms with Crippen LogP contribution in [-0.2, 0) is 6.42 Å². The van der Waals surface area contributed by atoms with Crippen LogP contribution < -0.4 is 14.4 Å². The third kappa shape index (κ3) is 2.26. The molecule has 1 aromatic heterocycles. The summed E-state index contributed by atoms with van der Waals surface area (Å²) in [5.74, 6) is 1.73. The Bertz CT molecular complexity index is 904. The van der Waals surface area contributed by atoms with Gasteiger partial charge in [-0.15, -0.1) is 0 Å². The summed E-state index contributed by atoms with van der Waals surface area (Å²) in [5.41, 5.74) is 5.86. The highest BCUT2D eigenvalue weighted by Gasteiger charge is 2.25. The zero-order valence-electron chi connectivity index (χ0n) is 14.2. The van der Waals surface area contributed by atoms with Gasteiger partial charge in [0.2, 0.25) is 0 Å². The number of hydrogen-bond donors (Lipinski definition) is 0. The summed E-state index contributed by atoms with van der Waals surface area (Å²) in [6.45, 7) is 3.06. The first kappa shape index (κ1) is 14.8. The molecule has 0 unspecified atom stereocenters. The Morgan fingerprint density at radius 2 is 1.67 bits per heavy atom. The van der Waals surface area contributed by atoms with Crippen molar-refractivity contribution in [1.29, 1.82) is 0 Å². The van der Waals surface area contributed by atoms with E-state index in [4.69, 9.17) is 14.5 Å². The van der Waals surface area contributed by atoms with Gasteiger partial charge in [-0.1, -0.05) is 0 Å². The van der Waals surface area contributed by atoms with Crippen LogP contribution in [0.3, 0.4) is 0 Å². The first-order chi connectivity index (χ1) is 11.7. The van der Waals surface area contributed by atoms with E-state index in [1.165, 1.54) is 16.9 Å². The van der Waals surface area contributed by atoms with E-state index in [1.807, 2.05) is 24.3 Å². The van der Waals surface area contributed by atoms with Crippen molar-refractivity contribution in [2.75, 3.05) is 25.7 Å². The first-order valence-corrected chi connectivity index (χ1v) is 8.10. The van der Waals surface area contributed by atoms with Crippen molar-refractivity contribution in [3.8, 4) is 11.5 Å². The molecule has 0 saturated heterocycles. The second kappa shape index (κ2) is 5.71. The second-order valence-electron chi connectivity index (χ2n) is 6.01. The van der Waals surface area contributed by atoms with Gasteiger partial charge in [-0.2, -0.15) is 0 Å². The zero-order chi connectivity index (χ0) is 16.7. The molecule has 0 amide bonds. The topological polar surface area (TPSA) is 34.6 Å². The number of anilines is 2. The first-order valence-electron chi connectivity index (χ1n) is 8.10. The van der Waals surface area contributed by atoms with Crippen LogP contribution in [0.5, 0.6) is 11.5 Å². The molecule has 0 atom stereocenters. The van der Waals surface area contributed by atoms with Gasteiger partial charge < -0.3 is 14.4 Å². The molecule has 4 nitrogen and oxygen atoms in total. The van der Waals surface area contributed by atoms with Crippen LogP contribution in [0, 0.1) is 6.92 Å². The second-order valence-corrected chi connectivity index (χ2v) is 6.01. The predicted octanol–water partition coefficient (Wildman–Crippen LogP) is 4.25. The van der Waals surface area contributed by atoms with E-state index >= 15 is 0 Å². The van der Waals surface area contributed by atoms with Crippen molar-refractivity contribution in [3.05, 3.63) is 53.7 Å². The van der Waals surface area contributed by atoms with Crippen molar-refractivity contribution in [2.24, 2.45) is 0 Å². The molecule has 2 heterocycles. The molecule has 1 aliphatic heterocycles. The van der Waals surface area contributed by atoms with Crippen molar-refractivity contribution in [1.82, 2.24) is 4.98 Å². The van der Waals surface area contributed by atoms with Crippen LogP contribution in [0.15, 0.2) is 42.5 Å². The Kier molecular flexibility index (Phi) is 3.53. The highest BCUT2D eigenvalue weighted by Crippen LogP contribution is 2.42. The summed E-state index contributed by atoms with van der Waals surface area (Å²) in [5, 5.41) is 1.14. The number of ether oxygens (including phenoxy) is 2. The molecule has 3 aromatic rings. The minimum Gasteiger partial charge on any atom is -0.497 e. The molecule has 0 bridgehead atoms. The van der Waals surface area contributed by atoms with Gasteiger partial charge in [-0.25, -0.2) is 0 Å². The van der Waals surface area contributed by atoms with Crippen LogP contribution >= 0.6 is 0 Å². The molecular weight excluding hydrogens is 300 g/mol. The maximum atomic E-state index is 5.42. The zero-order valence-corrected chi connectivity index (χ0v) is 14.2. The van der Waals surface area contributed by atoms with Crippen LogP contribution in [0.25, 0.3) is 10.9 Å². The molecule has 0 radical (unpaired) electrons. The molecular formula is C20H20N2O2. The van der Waals surface area contributed by atoms with E-state index in [2.05, 4.69) is 30.0 Å². The van der Waals surface area contributed by atoms with E-state index in [1.54, 1.807) is 14.2 Å². The normalized spacial score (nSPS) is 13.2. The molecule has 0 N–H and O–H groups in total. The largest absolute Gasteiger partial charge is 0.497 e. The number of pyridine rings is 1. The molecule has 4 heteroatoms. The summed E-state index contributed by atoms with van der Waals surface area (Å²) in [6.07, 6.45) is 1.01. The smallest absolute Gasteiger partial charge is 0.119 e. The molecule has 4 rings (SSSR count). The molecule has 0 saturated carbocycles. The lowest BCUT2D eigenvalue weighted by atomic mass is 10.1. The Morgan fingerprint density at radius 3 is 2.38 bits per heavy atom. The Morgan fingerprint density at radius 1 is 0.958 bits per heavy atom. The van der Waals surface area contributed by atoms with Gasteiger partial charge in [0.15, 0.2) is 0 Å². The number of benzene rings is 2. The van der Waals surface area contributed by atoms with Crippen molar-refractivity contribution in [3.63, 3.8) is 0 Å². The van der Waals surface area contributed by atoms with Gasteiger partial charge >= 0.3 is 0 Å². The Balaban J connectivity index is 1.91. The van der Waals surface area contributed by atoms with Gasteiger partial charge in [0.25, 0.3) is 0 Å². The fraction of sp³-hybridized carbons (Fsp3) is 0.250. The standard InChI is InChI=1S/C20H20N2O2/c1-13-17-10-11-22(14-4-6-15(23-2)7-5-14)20(17)18-12-16(24-3)8-9-19(18)21-13/h4-9,12H,10-11H2,1-3H3. The fourth-order valence-corrected chi connectivity index (χ4v) is 3.47. The van der Waals surface area contributed by atoms with Gasteiger partial charge in [0.05, 0.1) is 25.4 Å². The van der Waals surface area contributed by atoms with Crippen LogP contribution in [0.1, 0.15) is 11.3 Å². The monoisotopic (exact) mass is 320 g/mol. The van der Waals surface area contributed by atoms with Gasteiger partial charge in [0, 0.05) is 23.3 Å². The number of aromatic nitrogens is 1. The maximum absolute atomic E-state index is 5.42. The predicted molar refractivity (Wildman–Crippen MR) is 96.7 cm³/mol. The number of rotatable bonds is 3. The summed E-state index contributed by atoms with van der Waals surface area (Å²) in [6, 6.07) is 14.3. The molecule has 1 aliphatic rings. The average Bonchev–Trinajstić information content (AvgIpc) is 3.07. The van der Waals surface area contributed by atoms with Gasteiger partial charge in [0.1, 0.15) is 11.5 Å². The highest BCUT2D eigenvalue weighted by molar-refractivity contribution is 5.98. The number of aryl methyl sites for hydroxylation is 1. The van der Waals surface area contributed by atoms with Crippen LogP contribution in [0.4, 0.5) is 11.4 Å². The molecule has 24 heavy (non-hydrogen) atoms. The van der Waals surface area contributed by atoms with E-state index in [0.29, 0.717) is 0 Å². The summed E-state index contributed by atoms with van der Waals surface area (Å²) in [7, 11) is 3.39. The number of fused-ring (bicyclic) bond motifs is 3. The van der Waals surface area contributed by atoms with Gasteiger partial charge in [-0.05, 0) is 61.4 Å². The molecule has 2 aromatic carbocycles. The average molecular weight is 320 g/mol. The molecule has 0 aliphatic carbocycles.